The van der Waals surface area contributed by atoms with Gasteiger partial charge >= 0.3 is 5.69 Å². The number of nitro groups is 1. The van der Waals surface area contributed by atoms with Gasteiger partial charge in [0.2, 0.25) is 5.75 Å². The van der Waals surface area contributed by atoms with Crippen LogP contribution < -0.4 is 0 Å². The fraction of sp³-hybridized carbons (Fsp3) is 0.286. The molecule has 1 aromatic rings. The smallest absolute Gasteiger partial charge is 0.314 e. The van der Waals surface area contributed by atoms with Gasteiger partial charge in [0.25, 0.3) is 5.91 Å². The topological polar surface area (TPSA) is 128 Å². The largest absolute Gasteiger partial charge is 0.506 e. The van der Waals surface area contributed by atoms with Gasteiger partial charge in [0.1, 0.15) is 11.8 Å². The number of amides is 1. The van der Waals surface area contributed by atoms with E-state index in [4.69, 9.17) is 5.26 Å². The predicted octanol–water partition coefficient (Wildman–Crippen LogP) is 2.10. The number of nitriles is 1. The molecule has 0 spiro atoms. The molecule has 9 heteroatoms. The maximum atomic E-state index is 13.6. The molecule has 0 heterocycles. The van der Waals surface area contributed by atoms with Crippen LogP contribution >= 0.6 is 0 Å². The van der Waals surface area contributed by atoms with Gasteiger partial charge in [0.05, 0.1) is 4.92 Å². The number of nitrogens with zero attached hydrogens (tertiary/aromatic N) is 3. The van der Waals surface area contributed by atoms with E-state index in [0.717, 1.165) is 0 Å². The number of phenols is 1. The Morgan fingerprint density at radius 2 is 2.00 bits per heavy atom. The highest BCUT2D eigenvalue weighted by atomic mass is 19.1. The monoisotopic (exact) mass is 323 g/mol. The van der Waals surface area contributed by atoms with Gasteiger partial charge < -0.3 is 15.1 Å². The van der Waals surface area contributed by atoms with E-state index in [1.165, 1.54) is 11.0 Å². The Hall–Kier alpha value is -3.15. The average molecular weight is 323 g/mol. The zero-order valence-corrected chi connectivity index (χ0v) is 12.4. The number of carbonyl (C=O) groups excluding carboxylic acids is 1. The number of phenolic OH excluding ortho intramolecular Hbond substituents is 1. The van der Waals surface area contributed by atoms with Crippen molar-refractivity contribution in [2.75, 3.05) is 13.1 Å². The minimum atomic E-state index is -1.35. The number of nitro benzene ring substituents is 1. The molecule has 0 fully saturated rings. The molecule has 2 N–H and O–H groups in total. The van der Waals surface area contributed by atoms with Gasteiger partial charge in [0.15, 0.2) is 11.4 Å². The van der Waals surface area contributed by atoms with E-state index < -0.39 is 45.0 Å². The highest BCUT2D eigenvalue weighted by Crippen LogP contribution is 2.32. The molecule has 0 saturated heterocycles. The van der Waals surface area contributed by atoms with Crippen molar-refractivity contribution in [1.29, 1.82) is 5.26 Å². The molecule has 1 aromatic carbocycles. The van der Waals surface area contributed by atoms with Crippen LogP contribution in [-0.2, 0) is 4.79 Å². The molecule has 8 nitrogen and oxygen atoms in total. The van der Waals surface area contributed by atoms with Gasteiger partial charge in [-0.3, -0.25) is 14.9 Å². The number of carbonyl (C=O) groups is 1. The molecular formula is C14H14FN3O5. The summed E-state index contributed by atoms with van der Waals surface area (Å²) in [5.74, 6) is -4.23. The van der Waals surface area contributed by atoms with Crippen molar-refractivity contribution in [3.8, 4) is 11.8 Å². The van der Waals surface area contributed by atoms with Crippen LogP contribution in [0.1, 0.15) is 19.4 Å². The molecule has 23 heavy (non-hydrogen) atoms. The van der Waals surface area contributed by atoms with E-state index in [0.29, 0.717) is 12.1 Å². The molecule has 0 bridgehead atoms. The lowest BCUT2D eigenvalue weighted by molar-refractivity contribution is -0.386. The molecule has 0 saturated carbocycles. The van der Waals surface area contributed by atoms with Crippen LogP contribution in [0.25, 0.3) is 5.76 Å². The molecule has 0 aliphatic rings. The lowest BCUT2D eigenvalue weighted by Gasteiger charge is -2.18. The molecule has 1 rings (SSSR count). The van der Waals surface area contributed by atoms with Crippen molar-refractivity contribution >= 4 is 17.4 Å². The molecule has 0 aliphatic carbocycles. The van der Waals surface area contributed by atoms with Crippen molar-refractivity contribution < 1.29 is 24.3 Å². The first-order valence-electron chi connectivity index (χ1n) is 6.58. The maximum Gasteiger partial charge on any atom is 0.314 e. The van der Waals surface area contributed by atoms with Crippen LogP contribution in [0.15, 0.2) is 17.7 Å². The quantitative estimate of drug-likeness (QED) is 0.281. The zero-order valence-electron chi connectivity index (χ0n) is 12.4. The molecule has 0 atom stereocenters. The standard InChI is InChI=1S/C14H14FN3O5/c1-3-17(4-2)14(21)9(7-16)12(19)8-5-10(15)13(20)11(6-8)18(22)23/h5-6,19-20H,3-4H2,1-2H3/b12-9-. The normalized spacial score (nSPS) is 11.4. The van der Waals surface area contributed by atoms with Gasteiger partial charge in [-0.1, -0.05) is 0 Å². The van der Waals surface area contributed by atoms with Crippen LogP contribution in [0.2, 0.25) is 0 Å². The Balaban J connectivity index is 3.51. The number of halogens is 1. The Morgan fingerprint density at radius 3 is 2.43 bits per heavy atom. The third-order valence-corrected chi connectivity index (χ3v) is 3.13. The summed E-state index contributed by atoms with van der Waals surface area (Å²) in [4.78, 5) is 23.1. The second-order valence-corrected chi connectivity index (χ2v) is 4.40. The average Bonchev–Trinajstić information content (AvgIpc) is 2.51. The summed E-state index contributed by atoms with van der Waals surface area (Å²) in [6.07, 6.45) is 0. The molecule has 0 unspecified atom stereocenters. The van der Waals surface area contributed by atoms with Crippen molar-refractivity contribution in [2.45, 2.75) is 13.8 Å². The molecular weight excluding hydrogens is 309 g/mol. The van der Waals surface area contributed by atoms with Crippen molar-refractivity contribution in [3.63, 3.8) is 0 Å². The first-order chi connectivity index (χ1) is 10.8. The van der Waals surface area contributed by atoms with E-state index in [9.17, 15) is 29.5 Å². The van der Waals surface area contributed by atoms with Gasteiger partial charge in [-0.2, -0.15) is 5.26 Å². The lowest BCUT2D eigenvalue weighted by atomic mass is 10.1. The number of hydrogen-bond acceptors (Lipinski definition) is 6. The Bertz CT molecular complexity index is 720. The van der Waals surface area contributed by atoms with Crippen molar-refractivity contribution in [1.82, 2.24) is 4.90 Å². The van der Waals surface area contributed by atoms with Crippen LogP contribution in [0.3, 0.4) is 0 Å². The summed E-state index contributed by atoms with van der Waals surface area (Å²) < 4.78 is 13.6. The summed E-state index contributed by atoms with van der Waals surface area (Å²) >= 11 is 0. The second-order valence-electron chi connectivity index (χ2n) is 4.40. The summed E-state index contributed by atoms with van der Waals surface area (Å²) in [5.41, 5.74) is -2.11. The fourth-order valence-corrected chi connectivity index (χ4v) is 1.88. The number of aromatic hydroxyl groups is 1. The molecule has 122 valence electrons. The molecule has 0 aromatic heterocycles. The highest BCUT2D eigenvalue weighted by Gasteiger charge is 2.25. The summed E-state index contributed by atoms with van der Waals surface area (Å²) in [5, 5.41) is 39.2. The van der Waals surface area contributed by atoms with E-state index >= 15 is 0 Å². The van der Waals surface area contributed by atoms with Crippen LogP contribution in [0.5, 0.6) is 5.75 Å². The number of aliphatic hydroxyl groups excluding tert-OH is 1. The highest BCUT2D eigenvalue weighted by molar-refractivity contribution is 6.03. The fourth-order valence-electron chi connectivity index (χ4n) is 1.88. The van der Waals surface area contributed by atoms with Gasteiger partial charge in [-0.15, -0.1) is 0 Å². The summed E-state index contributed by atoms with van der Waals surface area (Å²) in [6, 6.07) is 2.80. The van der Waals surface area contributed by atoms with Crippen LogP contribution in [0, 0.1) is 27.3 Å². The third-order valence-electron chi connectivity index (χ3n) is 3.13. The predicted molar refractivity (Wildman–Crippen MR) is 77.8 cm³/mol. The van der Waals surface area contributed by atoms with E-state index in [2.05, 4.69) is 0 Å². The number of hydrogen-bond donors (Lipinski definition) is 2. The first kappa shape index (κ1) is 17.9. The minimum absolute atomic E-state index is 0.276. The SMILES string of the molecule is CCN(CC)C(=O)/C(C#N)=C(\O)c1cc(F)c(O)c([N+](=O)[O-])c1. The van der Waals surface area contributed by atoms with E-state index in [1.807, 2.05) is 0 Å². The molecule has 0 aliphatic heterocycles. The molecule has 1 amide bonds. The second kappa shape index (κ2) is 7.22. The maximum absolute atomic E-state index is 13.6. The lowest BCUT2D eigenvalue weighted by Crippen LogP contribution is -2.31. The molecule has 0 radical (unpaired) electrons. The van der Waals surface area contributed by atoms with Crippen molar-refractivity contribution in [3.05, 3.63) is 39.2 Å². The Morgan fingerprint density at radius 1 is 1.43 bits per heavy atom. The van der Waals surface area contributed by atoms with E-state index in [-0.39, 0.29) is 13.1 Å². The number of benzene rings is 1. The number of rotatable bonds is 5. The van der Waals surface area contributed by atoms with Crippen LogP contribution in [0.4, 0.5) is 10.1 Å². The van der Waals surface area contributed by atoms with Crippen molar-refractivity contribution in [2.24, 2.45) is 0 Å². The van der Waals surface area contributed by atoms with E-state index in [1.54, 1.807) is 13.8 Å². The Labute approximate surface area is 130 Å². The first-order valence-corrected chi connectivity index (χ1v) is 6.58. The van der Waals surface area contributed by atoms with Crippen LogP contribution in [-0.4, -0.2) is 39.0 Å². The number of likely N-dealkylation sites (N-methyl/N-ethyl adjacent to an activating group) is 1. The van der Waals surface area contributed by atoms with Gasteiger partial charge in [-0.05, 0) is 19.9 Å². The number of aliphatic hydroxyl groups is 1. The summed E-state index contributed by atoms with van der Waals surface area (Å²) in [6.45, 7) is 3.88. The summed E-state index contributed by atoms with van der Waals surface area (Å²) in [7, 11) is 0. The minimum Gasteiger partial charge on any atom is -0.506 e. The van der Waals surface area contributed by atoms with Gasteiger partial charge in [-0.25, -0.2) is 4.39 Å². The zero-order chi connectivity index (χ0) is 17.7. The van der Waals surface area contributed by atoms with Gasteiger partial charge in [0, 0.05) is 24.7 Å². The Kier molecular flexibility index (Phi) is 5.62. The third kappa shape index (κ3) is 3.55.